The third-order valence-corrected chi connectivity index (χ3v) is 4.30. The average Bonchev–Trinajstić information content (AvgIpc) is 2.38. The Balaban J connectivity index is 2.76. The largest absolute Gasteiger partial charge is 0.396 e. The van der Waals surface area contributed by atoms with Crippen LogP contribution in [0.25, 0.3) is 0 Å². The van der Waals surface area contributed by atoms with Crippen LogP contribution < -0.4 is 5.32 Å². The first-order valence-electron chi connectivity index (χ1n) is 6.22. The van der Waals surface area contributed by atoms with Gasteiger partial charge in [-0.1, -0.05) is 32.0 Å². The second-order valence-electron chi connectivity index (χ2n) is 4.39. The summed E-state index contributed by atoms with van der Waals surface area (Å²) >= 11 is 1.84. The molecule has 0 amide bonds. The molecule has 1 aromatic carbocycles. The molecule has 0 bridgehead atoms. The second kappa shape index (κ2) is 7.75. The molecular formula is C14H23NOS. The minimum absolute atomic E-state index is 0.262. The zero-order valence-electron chi connectivity index (χ0n) is 10.9. The highest BCUT2D eigenvalue weighted by Gasteiger charge is 2.12. The van der Waals surface area contributed by atoms with Gasteiger partial charge in [0.15, 0.2) is 0 Å². The summed E-state index contributed by atoms with van der Waals surface area (Å²) in [5, 5.41) is 12.4. The van der Waals surface area contributed by atoms with E-state index in [1.54, 1.807) is 0 Å². The van der Waals surface area contributed by atoms with Crippen LogP contribution in [0.4, 0.5) is 0 Å². The van der Waals surface area contributed by atoms with Gasteiger partial charge in [0.05, 0.1) is 0 Å². The van der Waals surface area contributed by atoms with Gasteiger partial charge >= 0.3 is 0 Å². The summed E-state index contributed by atoms with van der Waals surface area (Å²) < 4.78 is 0. The summed E-state index contributed by atoms with van der Waals surface area (Å²) in [7, 11) is 2.01. The van der Waals surface area contributed by atoms with Crippen molar-refractivity contribution in [2.75, 3.05) is 19.4 Å². The molecule has 1 rings (SSSR count). The van der Waals surface area contributed by atoms with Crippen molar-refractivity contribution in [1.82, 2.24) is 5.32 Å². The van der Waals surface area contributed by atoms with Crippen LogP contribution in [-0.4, -0.2) is 24.5 Å². The summed E-state index contributed by atoms with van der Waals surface area (Å²) in [5.74, 6) is 1.32. The van der Waals surface area contributed by atoms with E-state index in [1.165, 1.54) is 10.5 Å². The van der Waals surface area contributed by atoms with Crippen LogP contribution >= 0.6 is 11.8 Å². The maximum absolute atomic E-state index is 9.06. The molecule has 0 heterocycles. The fraction of sp³-hybridized carbons (Fsp3) is 0.571. The van der Waals surface area contributed by atoms with Crippen molar-refractivity contribution < 1.29 is 5.11 Å². The predicted octanol–water partition coefficient (Wildman–Crippen LogP) is 3.08. The summed E-state index contributed by atoms with van der Waals surface area (Å²) in [6, 6.07) is 8.95. The van der Waals surface area contributed by atoms with E-state index in [4.69, 9.17) is 5.11 Å². The standard InChI is InChI=1S/C14H23NOS/c1-4-13(15-3)12-7-5-6-8-14(12)17-10-11(2)9-16/h5-8,11,13,15-16H,4,9-10H2,1-3H3. The van der Waals surface area contributed by atoms with Crippen LogP contribution in [0.15, 0.2) is 29.2 Å². The lowest BCUT2D eigenvalue weighted by Gasteiger charge is -2.18. The summed E-state index contributed by atoms with van der Waals surface area (Å²) in [6.07, 6.45) is 1.09. The molecule has 0 aliphatic heterocycles. The second-order valence-corrected chi connectivity index (χ2v) is 5.45. The third-order valence-electron chi connectivity index (χ3n) is 2.89. The van der Waals surface area contributed by atoms with E-state index in [-0.39, 0.29) is 6.61 Å². The van der Waals surface area contributed by atoms with Gasteiger partial charge in [0, 0.05) is 23.3 Å². The Labute approximate surface area is 109 Å². The first-order valence-corrected chi connectivity index (χ1v) is 7.21. The fourth-order valence-electron chi connectivity index (χ4n) is 1.76. The number of thioether (sulfide) groups is 1. The summed E-state index contributed by atoms with van der Waals surface area (Å²) in [5.41, 5.74) is 1.37. The van der Waals surface area contributed by atoms with Gasteiger partial charge in [-0.2, -0.15) is 0 Å². The van der Waals surface area contributed by atoms with Crippen molar-refractivity contribution in [3.63, 3.8) is 0 Å². The smallest absolute Gasteiger partial charge is 0.0464 e. The van der Waals surface area contributed by atoms with Crippen LogP contribution in [0.1, 0.15) is 31.9 Å². The molecule has 3 heteroatoms. The molecule has 17 heavy (non-hydrogen) atoms. The summed E-state index contributed by atoms with van der Waals surface area (Å²) in [6.45, 7) is 4.53. The molecule has 0 radical (unpaired) electrons. The molecule has 96 valence electrons. The van der Waals surface area contributed by atoms with Gasteiger partial charge in [-0.25, -0.2) is 0 Å². The molecule has 1 aromatic rings. The Kier molecular flexibility index (Phi) is 6.63. The zero-order chi connectivity index (χ0) is 12.7. The van der Waals surface area contributed by atoms with Gasteiger partial charge in [0.2, 0.25) is 0 Å². The molecule has 0 saturated heterocycles. The van der Waals surface area contributed by atoms with Crippen LogP contribution in [-0.2, 0) is 0 Å². The first kappa shape index (κ1) is 14.6. The number of aliphatic hydroxyl groups is 1. The molecule has 2 N–H and O–H groups in total. The number of benzene rings is 1. The van der Waals surface area contributed by atoms with Crippen LogP contribution in [0, 0.1) is 5.92 Å². The number of hydrogen-bond donors (Lipinski definition) is 2. The lowest BCUT2D eigenvalue weighted by atomic mass is 10.1. The lowest BCUT2D eigenvalue weighted by molar-refractivity contribution is 0.250. The van der Waals surface area contributed by atoms with Crippen molar-refractivity contribution in [2.45, 2.75) is 31.2 Å². The minimum atomic E-state index is 0.262. The van der Waals surface area contributed by atoms with Crippen LogP contribution in [0.2, 0.25) is 0 Å². The highest BCUT2D eigenvalue weighted by molar-refractivity contribution is 7.99. The molecule has 0 saturated carbocycles. The minimum Gasteiger partial charge on any atom is -0.396 e. The molecule has 0 spiro atoms. The van der Waals surface area contributed by atoms with E-state index >= 15 is 0 Å². The fourth-order valence-corrected chi connectivity index (χ4v) is 2.89. The van der Waals surface area contributed by atoms with Crippen molar-refractivity contribution in [2.24, 2.45) is 5.92 Å². The van der Waals surface area contributed by atoms with Gasteiger partial charge < -0.3 is 10.4 Å². The molecule has 0 aliphatic carbocycles. The third kappa shape index (κ3) is 4.34. The van der Waals surface area contributed by atoms with Crippen molar-refractivity contribution >= 4 is 11.8 Å². The van der Waals surface area contributed by atoms with E-state index in [1.807, 2.05) is 18.8 Å². The first-order chi connectivity index (χ1) is 8.22. The van der Waals surface area contributed by atoms with E-state index in [2.05, 4.69) is 43.4 Å². The Morgan fingerprint density at radius 1 is 1.35 bits per heavy atom. The average molecular weight is 253 g/mol. The van der Waals surface area contributed by atoms with Crippen molar-refractivity contribution in [1.29, 1.82) is 0 Å². The molecule has 0 aliphatic rings. The number of nitrogens with one attached hydrogen (secondary N) is 1. The number of rotatable bonds is 7. The molecule has 0 aromatic heterocycles. The Morgan fingerprint density at radius 2 is 2.06 bits per heavy atom. The van der Waals surface area contributed by atoms with Crippen molar-refractivity contribution in [3.8, 4) is 0 Å². The topological polar surface area (TPSA) is 32.3 Å². The maximum atomic E-state index is 9.06. The van der Waals surface area contributed by atoms with E-state index in [0.717, 1.165) is 12.2 Å². The van der Waals surface area contributed by atoms with Crippen molar-refractivity contribution in [3.05, 3.63) is 29.8 Å². The van der Waals surface area contributed by atoms with Crippen LogP contribution in [0.5, 0.6) is 0 Å². The van der Waals surface area contributed by atoms with Gasteiger partial charge in [-0.15, -0.1) is 11.8 Å². The lowest BCUT2D eigenvalue weighted by Crippen LogP contribution is -2.16. The Morgan fingerprint density at radius 3 is 2.65 bits per heavy atom. The molecule has 2 unspecified atom stereocenters. The monoisotopic (exact) mass is 253 g/mol. The van der Waals surface area contributed by atoms with Gasteiger partial charge in [-0.3, -0.25) is 0 Å². The van der Waals surface area contributed by atoms with Gasteiger partial charge in [0.1, 0.15) is 0 Å². The van der Waals surface area contributed by atoms with E-state index in [9.17, 15) is 0 Å². The quantitative estimate of drug-likeness (QED) is 0.733. The number of hydrogen-bond acceptors (Lipinski definition) is 3. The van der Waals surface area contributed by atoms with E-state index in [0.29, 0.717) is 12.0 Å². The molecule has 2 nitrogen and oxygen atoms in total. The van der Waals surface area contributed by atoms with Gasteiger partial charge in [-0.05, 0) is 31.0 Å². The Bertz CT molecular complexity index is 326. The molecular weight excluding hydrogens is 230 g/mol. The number of aliphatic hydroxyl groups excluding tert-OH is 1. The summed E-state index contributed by atoms with van der Waals surface area (Å²) in [4.78, 5) is 1.33. The van der Waals surface area contributed by atoms with Crippen LogP contribution in [0.3, 0.4) is 0 Å². The molecule has 0 fully saturated rings. The predicted molar refractivity (Wildman–Crippen MR) is 75.5 cm³/mol. The van der Waals surface area contributed by atoms with Gasteiger partial charge in [0.25, 0.3) is 0 Å². The SMILES string of the molecule is CCC(NC)c1ccccc1SCC(C)CO. The molecule has 2 atom stereocenters. The highest BCUT2D eigenvalue weighted by Crippen LogP contribution is 2.29. The Hall–Kier alpha value is -0.510. The van der Waals surface area contributed by atoms with E-state index < -0.39 is 0 Å². The zero-order valence-corrected chi connectivity index (χ0v) is 11.8. The highest BCUT2D eigenvalue weighted by atomic mass is 32.2. The normalized spacial score (nSPS) is 14.6. The maximum Gasteiger partial charge on any atom is 0.0464 e.